The number of ketones is 1. The Labute approximate surface area is 133 Å². The van der Waals surface area contributed by atoms with Crippen LogP contribution in [0.25, 0.3) is 6.08 Å². The lowest BCUT2D eigenvalue weighted by atomic mass is 9.95. The number of ether oxygens (including phenoxy) is 1. The van der Waals surface area contributed by atoms with Crippen LogP contribution in [0.15, 0.2) is 24.0 Å². The van der Waals surface area contributed by atoms with Crippen LogP contribution in [-0.2, 0) is 0 Å². The van der Waals surface area contributed by atoms with Crippen LogP contribution < -0.4 is 4.74 Å². The van der Waals surface area contributed by atoms with Crippen LogP contribution in [0.2, 0.25) is 0 Å². The van der Waals surface area contributed by atoms with Gasteiger partial charge in [-0.05, 0) is 55.7 Å². The molecule has 0 spiro atoms. The third-order valence-electron chi connectivity index (χ3n) is 4.26. The summed E-state index contributed by atoms with van der Waals surface area (Å²) in [5, 5.41) is 29.4. The van der Waals surface area contributed by atoms with E-state index in [1.165, 1.54) is 24.3 Å². The van der Waals surface area contributed by atoms with Crippen LogP contribution in [0.5, 0.6) is 23.0 Å². The highest BCUT2D eigenvalue weighted by atomic mass is 16.5. The molecule has 2 aromatic carbocycles. The van der Waals surface area contributed by atoms with Gasteiger partial charge < -0.3 is 20.1 Å². The fourth-order valence-electron chi connectivity index (χ4n) is 2.65. The summed E-state index contributed by atoms with van der Waals surface area (Å²) in [5.74, 6) is -0.466. The zero-order chi connectivity index (χ0) is 16.9. The number of phenols is 3. The Morgan fingerprint density at radius 2 is 1.70 bits per heavy atom. The van der Waals surface area contributed by atoms with Gasteiger partial charge in [0.15, 0.2) is 17.3 Å². The van der Waals surface area contributed by atoms with E-state index in [4.69, 9.17) is 4.74 Å². The average molecular weight is 312 g/mol. The summed E-state index contributed by atoms with van der Waals surface area (Å²) in [6, 6.07) is 4.05. The Morgan fingerprint density at radius 3 is 2.35 bits per heavy atom. The van der Waals surface area contributed by atoms with E-state index < -0.39 is 0 Å². The molecule has 23 heavy (non-hydrogen) atoms. The Bertz CT molecular complexity index is 878. The number of carbonyl (C=O) groups excluding carboxylic acids is 1. The molecule has 0 saturated carbocycles. The van der Waals surface area contributed by atoms with Crippen molar-refractivity contribution in [2.45, 2.75) is 20.8 Å². The number of rotatable bonds is 1. The lowest BCUT2D eigenvalue weighted by Gasteiger charge is -2.11. The maximum atomic E-state index is 12.6. The van der Waals surface area contributed by atoms with E-state index in [9.17, 15) is 20.1 Å². The van der Waals surface area contributed by atoms with Crippen LogP contribution in [0.1, 0.15) is 32.6 Å². The molecule has 0 unspecified atom stereocenters. The van der Waals surface area contributed by atoms with Gasteiger partial charge in [-0.1, -0.05) is 0 Å². The van der Waals surface area contributed by atoms with E-state index in [1.807, 2.05) is 13.8 Å². The Morgan fingerprint density at radius 1 is 1.00 bits per heavy atom. The Balaban J connectivity index is 2.13. The predicted molar refractivity (Wildman–Crippen MR) is 85.0 cm³/mol. The highest BCUT2D eigenvalue weighted by molar-refractivity contribution is 6.16. The average Bonchev–Trinajstić information content (AvgIpc) is 2.83. The molecule has 0 fully saturated rings. The number of fused-ring (bicyclic) bond motifs is 1. The molecule has 1 aliphatic rings. The number of allylic oxidation sites excluding steroid dienone is 1. The molecule has 118 valence electrons. The number of aromatic hydroxyl groups is 3. The molecule has 2 aromatic rings. The molecule has 0 atom stereocenters. The van der Waals surface area contributed by atoms with Crippen molar-refractivity contribution in [2.75, 3.05) is 0 Å². The van der Waals surface area contributed by atoms with E-state index in [-0.39, 0.29) is 34.5 Å². The molecule has 0 amide bonds. The Kier molecular flexibility index (Phi) is 3.29. The number of carbonyl (C=O) groups is 1. The second-order valence-electron chi connectivity index (χ2n) is 5.61. The maximum absolute atomic E-state index is 12.6. The van der Waals surface area contributed by atoms with Gasteiger partial charge in [0.2, 0.25) is 5.78 Å². The van der Waals surface area contributed by atoms with Gasteiger partial charge >= 0.3 is 0 Å². The summed E-state index contributed by atoms with van der Waals surface area (Å²) >= 11 is 0. The standard InChI is InChI=1S/C18H16O5/c1-8-9(2)15-17(22)14(23-18(15)16(21)10(8)3)6-11-4-5-12(19)7-13(11)20/h4-7,19-21H,1-3H3/b14-6-. The zero-order valence-electron chi connectivity index (χ0n) is 13.0. The summed E-state index contributed by atoms with van der Waals surface area (Å²) in [7, 11) is 0. The first-order chi connectivity index (χ1) is 10.8. The largest absolute Gasteiger partial charge is 0.508 e. The summed E-state index contributed by atoms with van der Waals surface area (Å²) in [6.45, 7) is 5.41. The molecule has 0 bridgehead atoms. The van der Waals surface area contributed by atoms with Crippen molar-refractivity contribution < 1.29 is 24.9 Å². The monoisotopic (exact) mass is 312 g/mol. The first kappa shape index (κ1) is 15.0. The molecule has 3 N–H and O–H groups in total. The zero-order valence-corrected chi connectivity index (χ0v) is 13.0. The smallest absolute Gasteiger partial charge is 0.232 e. The van der Waals surface area contributed by atoms with Crippen molar-refractivity contribution in [1.29, 1.82) is 0 Å². The summed E-state index contributed by atoms with van der Waals surface area (Å²) < 4.78 is 5.54. The minimum absolute atomic E-state index is 0.0180. The summed E-state index contributed by atoms with van der Waals surface area (Å²) in [6.07, 6.45) is 1.39. The van der Waals surface area contributed by atoms with Gasteiger partial charge in [0, 0.05) is 11.6 Å². The van der Waals surface area contributed by atoms with E-state index in [0.29, 0.717) is 16.7 Å². The Hall–Kier alpha value is -2.95. The fourth-order valence-corrected chi connectivity index (χ4v) is 2.65. The first-order valence-electron chi connectivity index (χ1n) is 7.10. The third-order valence-corrected chi connectivity index (χ3v) is 4.26. The van der Waals surface area contributed by atoms with E-state index in [1.54, 1.807) is 6.92 Å². The summed E-state index contributed by atoms with van der Waals surface area (Å²) in [4.78, 5) is 12.6. The molecular formula is C18H16O5. The normalized spacial score (nSPS) is 14.9. The summed E-state index contributed by atoms with van der Waals surface area (Å²) in [5.41, 5.74) is 2.95. The van der Waals surface area contributed by atoms with E-state index >= 15 is 0 Å². The molecule has 0 radical (unpaired) electrons. The van der Waals surface area contributed by atoms with Crippen molar-refractivity contribution in [3.8, 4) is 23.0 Å². The van der Waals surface area contributed by atoms with E-state index in [2.05, 4.69) is 0 Å². The van der Waals surface area contributed by atoms with Crippen LogP contribution in [0, 0.1) is 20.8 Å². The minimum Gasteiger partial charge on any atom is -0.508 e. The number of phenolic OH excluding ortho intramolecular Hbond substituents is 3. The second-order valence-corrected chi connectivity index (χ2v) is 5.61. The molecule has 5 heteroatoms. The third kappa shape index (κ3) is 2.21. The lowest BCUT2D eigenvalue weighted by molar-refractivity contribution is 0.101. The number of hydrogen-bond acceptors (Lipinski definition) is 5. The van der Waals surface area contributed by atoms with Gasteiger partial charge in [-0.2, -0.15) is 0 Å². The molecule has 0 aromatic heterocycles. The van der Waals surface area contributed by atoms with Crippen LogP contribution in [0.3, 0.4) is 0 Å². The fraction of sp³-hybridized carbons (Fsp3) is 0.167. The number of benzene rings is 2. The van der Waals surface area contributed by atoms with E-state index in [0.717, 1.165) is 11.1 Å². The molecule has 1 aliphatic heterocycles. The van der Waals surface area contributed by atoms with Crippen LogP contribution in [-0.4, -0.2) is 21.1 Å². The quantitative estimate of drug-likeness (QED) is 0.703. The number of hydrogen-bond donors (Lipinski definition) is 3. The van der Waals surface area contributed by atoms with Gasteiger partial charge in [-0.15, -0.1) is 0 Å². The second kappa shape index (κ2) is 5.05. The molecule has 5 nitrogen and oxygen atoms in total. The van der Waals surface area contributed by atoms with Gasteiger partial charge in [0.1, 0.15) is 11.5 Å². The predicted octanol–water partition coefficient (Wildman–Crippen LogP) is 3.34. The highest BCUT2D eigenvalue weighted by Gasteiger charge is 2.34. The topological polar surface area (TPSA) is 87.0 Å². The minimum atomic E-state index is -0.344. The van der Waals surface area contributed by atoms with Gasteiger partial charge in [0.25, 0.3) is 0 Å². The van der Waals surface area contributed by atoms with Crippen molar-refractivity contribution in [1.82, 2.24) is 0 Å². The van der Waals surface area contributed by atoms with Gasteiger partial charge in [-0.25, -0.2) is 0 Å². The molecule has 1 heterocycles. The van der Waals surface area contributed by atoms with Crippen molar-refractivity contribution >= 4 is 11.9 Å². The molecule has 3 rings (SSSR count). The van der Waals surface area contributed by atoms with Crippen molar-refractivity contribution in [2.24, 2.45) is 0 Å². The van der Waals surface area contributed by atoms with Crippen molar-refractivity contribution in [3.63, 3.8) is 0 Å². The lowest BCUT2D eigenvalue weighted by Crippen LogP contribution is -2.01. The SMILES string of the molecule is Cc1c(C)c(O)c2c(c1C)C(=O)/C(=C/c1ccc(O)cc1O)O2. The number of Topliss-reactive ketones (excluding diaryl/α,β-unsaturated/α-hetero) is 1. The molecule has 0 aliphatic carbocycles. The maximum Gasteiger partial charge on any atom is 0.232 e. The molecule has 0 saturated heterocycles. The van der Waals surface area contributed by atoms with Gasteiger partial charge in [0.05, 0.1) is 5.56 Å². The first-order valence-corrected chi connectivity index (χ1v) is 7.10. The van der Waals surface area contributed by atoms with Crippen LogP contribution >= 0.6 is 0 Å². The highest BCUT2D eigenvalue weighted by Crippen LogP contribution is 2.45. The molecular weight excluding hydrogens is 296 g/mol. The van der Waals surface area contributed by atoms with Gasteiger partial charge in [-0.3, -0.25) is 4.79 Å². The van der Waals surface area contributed by atoms with Crippen LogP contribution in [0.4, 0.5) is 0 Å². The van der Waals surface area contributed by atoms with Crippen molar-refractivity contribution in [3.05, 3.63) is 51.8 Å².